The van der Waals surface area contributed by atoms with Crippen LogP contribution in [0.5, 0.6) is 0 Å². The third kappa shape index (κ3) is 4.00. The predicted molar refractivity (Wildman–Crippen MR) is 87.8 cm³/mol. The van der Waals surface area contributed by atoms with Crippen LogP contribution in [0.2, 0.25) is 10.0 Å². The first-order chi connectivity index (χ1) is 10.5. The molecular weight excluding hydrogens is 345 g/mol. The van der Waals surface area contributed by atoms with Gasteiger partial charge in [-0.1, -0.05) is 53.5 Å². The largest absolute Gasteiger partial charge is 0.375 e. The molecular formula is C15H15Cl2NO3S. The fourth-order valence-electron chi connectivity index (χ4n) is 1.98. The normalized spacial score (nSPS) is 13.0. The van der Waals surface area contributed by atoms with Crippen molar-refractivity contribution in [3.05, 3.63) is 64.1 Å². The average molecular weight is 360 g/mol. The zero-order chi connectivity index (χ0) is 16.2. The number of methoxy groups -OCH3 is 1. The number of halogens is 2. The van der Waals surface area contributed by atoms with Crippen LogP contribution in [0.3, 0.4) is 0 Å². The number of hydrogen-bond acceptors (Lipinski definition) is 3. The molecule has 0 radical (unpaired) electrons. The minimum Gasteiger partial charge on any atom is -0.375 e. The van der Waals surface area contributed by atoms with Crippen LogP contribution in [-0.2, 0) is 14.8 Å². The van der Waals surface area contributed by atoms with E-state index in [9.17, 15) is 8.42 Å². The van der Waals surface area contributed by atoms with Gasteiger partial charge < -0.3 is 4.74 Å². The van der Waals surface area contributed by atoms with Gasteiger partial charge in [-0.3, -0.25) is 0 Å². The van der Waals surface area contributed by atoms with Gasteiger partial charge in [0.15, 0.2) is 0 Å². The van der Waals surface area contributed by atoms with Crippen LogP contribution in [-0.4, -0.2) is 22.1 Å². The van der Waals surface area contributed by atoms with Crippen molar-refractivity contribution >= 4 is 33.2 Å². The molecule has 1 N–H and O–H groups in total. The van der Waals surface area contributed by atoms with E-state index in [0.29, 0.717) is 10.6 Å². The van der Waals surface area contributed by atoms with Gasteiger partial charge in [0, 0.05) is 24.2 Å². The highest BCUT2D eigenvalue weighted by Gasteiger charge is 2.21. The van der Waals surface area contributed by atoms with Gasteiger partial charge in [0.1, 0.15) is 4.90 Å². The molecule has 0 bridgehead atoms. The molecule has 2 aromatic rings. The lowest BCUT2D eigenvalue weighted by Gasteiger charge is -2.18. The van der Waals surface area contributed by atoms with Gasteiger partial charge >= 0.3 is 0 Å². The zero-order valence-corrected chi connectivity index (χ0v) is 14.1. The fraction of sp³-hybridized carbons (Fsp3) is 0.200. The summed E-state index contributed by atoms with van der Waals surface area (Å²) >= 11 is 12.0. The van der Waals surface area contributed by atoms with Crippen LogP contribution >= 0.6 is 23.2 Å². The summed E-state index contributed by atoms with van der Waals surface area (Å²) in [5, 5.41) is 0.688. The van der Waals surface area contributed by atoms with Crippen LogP contribution in [0, 0.1) is 0 Å². The Balaban J connectivity index is 2.17. The molecule has 118 valence electrons. The zero-order valence-electron chi connectivity index (χ0n) is 11.8. The van der Waals surface area contributed by atoms with E-state index in [1.54, 1.807) is 30.3 Å². The average Bonchev–Trinajstić information content (AvgIpc) is 2.49. The standard InChI is InChI=1S/C15H15Cl2NO3S/c1-21-14(11-6-2-3-7-12(11)16)10-18-22(19,20)15-9-5-4-8-13(15)17/h2-9,14,18H,10H2,1H3. The number of sulfonamides is 1. The van der Waals surface area contributed by atoms with E-state index in [-0.39, 0.29) is 16.5 Å². The Morgan fingerprint density at radius 2 is 1.64 bits per heavy atom. The Kier molecular flexibility index (Phi) is 5.83. The van der Waals surface area contributed by atoms with E-state index < -0.39 is 16.1 Å². The van der Waals surface area contributed by atoms with Crippen molar-refractivity contribution in [1.29, 1.82) is 0 Å². The molecule has 4 nitrogen and oxygen atoms in total. The number of rotatable bonds is 6. The van der Waals surface area contributed by atoms with Crippen molar-refractivity contribution < 1.29 is 13.2 Å². The Hall–Kier alpha value is -1.11. The molecule has 22 heavy (non-hydrogen) atoms. The van der Waals surface area contributed by atoms with Gasteiger partial charge in [0.25, 0.3) is 0 Å². The molecule has 0 aromatic heterocycles. The van der Waals surface area contributed by atoms with Gasteiger partial charge in [0.2, 0.25) is 10.0 Å². The summed E-state index contributed by atoms with van der Waals surface area (Å²) in [5.41, 5.74) is 0.716. The summed E-state index contributed by atoms with van der Waals surface area (Å²) in [5.74, 6) is 0. The first-order valence-electron chi connectivity index (χ1n) is 6.47. The monoisotopic (exact) mass is 359 g/mol. The molecule has 1 atom stereocenters. The highest BCUT2D eigenvalue weighted by atomic mass is 35.5. The topological polar surface area (TPSA) is 55.4 Å². The van der Waals surface area contributed by atoms with Crippen LogP contribution in [0.15, 0.2) is 53.4 Å². The van der Waals surface area contributed by atoms with Crippen molar-refractivity contribution in [3.8, 4) is 0 Å². The first-order valence-corrected chi connectivity index (χ1v) is 8.71. The number of ether oxygens (including phenoxy) is 1. The van der Waals surface area contributed by atoms with Crippen molar-refractivity contribution in [2.45, 2.75) is 11.0 Å². The second-order valence-corrected chi connectivity index (χ2v) is 7.08. The van der Waals surface area contributed by atoms with E-state index in [1.165, 1.54) is 19.2 Å². The maximum Gasteiger partial charge on any atom is 0.242 e. The number of benzene rings is 2. The van der Waals surface area contributed by atoms with Gasteiger partial charge in [-0.2, -0.15) is 0 Å². The Morgan fingerprint density at radius 1 is 1.05 bits per heavy atom. The van der Waals surface area contributed by atoms with Gasteiger partial charge in [0.05, 0.1) is 11.1 Å². The molecule has 1 unspecified atom stereocenters. The third-order valence-electron chi connectivity index (χ3n) is 3.12. The van der Waals surface area contributed by atoms with Gasteiger partial charge in [-0.05, 0) is 18.2 Å². The van der Waals surface area contributed by atoms with E-state index in [4.69, 9.17) is 27.9 Å². The molecule has 2 rings (SSSR count). The molecule has 0 heterocycles. The lowest BCUT2D eigenvalue weighted by molar-refractivity contribution is 0.107. The smallest absolute Gasteiger partial charge is 0.242 e. The lowest BCUT2D eigenvalue weighted by atomic mass is 10.1. The summed E-state index contributed by atoms with van der Waals surface area (Å²) in [6.07, 6.45) is -0.494. The fourth-order valence-corrected chi connectivity index (χ4v) is 3.79. The van der Waals surface area contributed by atoms with Crippen molar-refractivity contribution in [2.75, 3.05) is 13.7 Å². The summed E-state index contributed by atoms with van der Waals surface area (Å²) < 4.78 is 32.4. The third-order valence-corrected chi connectivity index (χ3v) is 5.39. The summed E-state index contributed by atoms with van der Waals surface area (Å²) in [6, 6.07) is 13.4. The molecule has 0 spiro atoms. The Labute approximate surface area is 140 Å². The second-order valence-electron chi connectivity index (χ2n) is 4.53. The number of hydrogen-bond donors (Lipinski definition) is 1. The predicted octanol–water partition coefficient (Wildman–Crippen LogP) is 3.66. The minimum absolute atomic E-state index is 0.0330. The quantitative estimate of drug-likeness (QED) is 0.855. The van der Waals surface area contributed by atoms with Crippen molar-refractivity contribution in [3.63, 3.8) is 0 Å². The first kappa shape index (κ1) is 17.2. The van der Waals surface area contributed by atoms with E-state index in [1.807, 2.05) is 6.07 Å². The van der Waals surface area contributed by atoms with Crippen molar-refractivity contribution in [1.82, 2.24) is 4.72 Å². The van der Waals surface area contributed by atoms with Gasteiger partial charge in [-0.15, -0.1) is 0 Å². The lowest BCUT2D eigenvalue weighted by Crippen LogP contribution is -2.29. The molecule has 0 amide bonds. The van der Waals surface area contributed by atoms with Crippen LogP contribution in [0.25, 0.3) is 0 Å². The van der Waals surface area contributed by atoms with E-state index in [0.717, 1.165) is 0 Å². The van der Waals surface area contributed by atoms with Crippen LogP contribution < -0.4 is 4.72 Å². The SMILES string of the molecule is COC(CNS(=O)(=O)c1ccccc1Cl)c1ccccc1Cl. The summed E-state index contributed by atoms with van der Waals surface area (Å²) in [6.45, 7) is 0.0494. The van der Waals surface area contributed by atoms with Crippen molar-refractivity contribution in [2.24, 2.45) is 0 Å². The van der Waals surface area contributed by atoms with E-state index >= 15 is 0 Å². The minimum atomic E-state index is -3.72. The highest BCUT2D eigenvalue weighted by Crippen LogP contribution is 2.25. The summed E-state index contributed by atoms with van der Waals surface area (Å²) in [7, 11) is -2.22. The summed E-state index contributed by atoms with van der Waals surface area (Å²) in [4.78, 5) is 0.0330. The number of nitrogens with one attached hydrogen (secondary N) is 1. The molecule has 0 aliphatic heterocycles. The van der Waals surface area contributed by atoms with Crippen LogP contribution in [0.1, 0.15) is 11.7 Å². The maximum atomic E-state index is 12.3. The molecule has 0 saturated carbocycles. The van der Waals surface area contributed by atoms with Crippen LogP contribution in [0.4, 0.5) is 0 Å². The Bertz CT molecular complexity index is 750. The Morgan fingerprint density at radius 3 is 2.23 bits per heavy atom. The molecule has 0 fully saturated rings. The molecule has 0 aliphatic carbocycles. The maximum absolute atomic E-state index is 12.3. The molecule has 0 saturated heterocycles. The molecule has 7 heteroatoms. The second kappa shape index (κ2) is 7.44. The van der Waals surface area contributed by atoms with Gasteiger partial charge in [-0.25, -0.2) is 13.1 Å². The van der Waals surface area contributed by atoms with E-state index in [2.05, 4.69) is 4.72 Å². The highest BCUT2D eigenvalue weighted by molar-refractivity contribution is 7.89. The molecule has 0 aliphatic rings. The molecule has 2 aromatic carbocycles.